The fraction of sp³-hybridized carbons (Fsp3) is 0.611. The quantitative estimate of drug-likeness (QED) is 0.856. The molecule has 3 unspecified atom stereocenters. The van der Waals surface area contributed by atoms with Crippen LogP contribution in [0.3, 0.4) is 0 Å². The lowest BCUT2D eigenvalue weighted by Crippen LogP contribution is -2.53. The van der Waals surface area contributed by atoms with E-state index in [1.165, 1.54) is 0 Å². The molecule has 0 radical (unpaired) electrons. The average molecular weight is 364 g/mol. The lowest BCUT2D eigenvalue weighted by molar-refractivity contribution is 0.00810. The average Bonchev–Trinajstić information content (AvgIpc) is 2.96. The number of benzene rings is 1. The largest absolute Gasteiger partial charge is 0.378 e. The third kappa shape index (κ3) is 3.73. The molecule has 2 heterocycles. The SMILES string of the molecule is O=C(NC1CC2OCCC12)c1ccc(CN2CCS(=O)(=O)CC2)cc1. The number of rotatable bonds is 4. The molecular weight excluding hydrogens is 340 g/mol. The summed E-state index contributed by atoms with van der Waals surface area (Å²) >= 11 is 0. The summed E-state index contributed by atoms with van der Waals surface area (Å²) in [4.78, 5) is 14.5. The maximum absolute atomic E-state index is 12.4. The van der Waals surface area contributed by atoms with E-state index in [-0.39, 0.29) is 23.5 Å². The molecule has 1 aliphatic carbocycles. The lowest BCUT2D eigenvalue weighted by atomic mass is 9.76. The Morgan fingerprint density at radius 3 is 2.60 bits per heavy atom. The van der Waals surface area contributed by atoms with Gasteiger partial charge < -0.3 is 10.1 Å². The fourth-order valence-electron chi connectivity index (χ4n) is 3.94. The number of hydrogen-bond donors (Lipinski definition) is 1. The van der Waals surface area contributed by atoms with Crippen molar-refractivity contribution in [3.05, 3.63) is 35.4 Å². The second-order valence-electron chi connectivity index (χ2n) is 7.30. The van der Waals surface area contributed by atoms with Crippen LogP contribution < -0.4 is 5.32 Å². The van der Waals surface area contributed by atoms with E-state index in [0.29, 0.717) is 30.7 Å². The molecule has 1 aromatic rings. The Morgan fingerprint density at radius 1 is 1.20 bits per heavy atom. The molecule has 3 atom stereocenters. The molecule has 0 spiro atoms. The number of fused-ring (bicyclic) bond motifs is 1. The number of carbonyl (C=O) groups is 1. The Morgan fingerprint density at radius 2 is 1.92 bits per heavy atom. The number of ether oxygens (including phenoxy) is 1. The summed E-state index contributed by atoms with van der Waals surface area (Å²) in [6, 6.07) is 7.87. The predicted octanol–water partition coefficient (Wildman–Crippen LogP) is 0.824. The molecule has 0 bridgehead atoms. The van der Waals surface area contributed by atoms with Crippen molar-refractivity contribution in [3.63, 3.8) is 0 Å². The van der Waals surface area contributed by atoms with Crippen LogP contribution in [0.4, 0.5) is 0 Å². The number of amides is 1. The minimum absolute atomic E-state index is 0.0223. The fourth-order valence-corrected chi connectivity index (χ4v) is 5.22. The predicted molar refractivity (Wildman–Crippen MR) is 94.1 cm³/mol. The monoisotopic (exact) mass is 364 g/mol. The van der Waals surface area contributed by atoms with Crippen LogP contribution in [0.25, 0.3) is 0 Å². The minimum Gasteiger partial charge on any atom is -0.378 e. The van der Waals surface area contributed by atoms with Crippen LogP contribution in [0.15, 0.2) is 24.3 Å². The molecule has 3 fully saturated rings. The first-order valence-electron chi connectivity index (χ1n) is 8.94. The summed E-state index contributed by atoms with van der Waals surface area (Å²) in [5, 5.41) is 3.12. The van der Waals surface area contributed by atoms with Gasteiger partial charge in [0.05, 0.1) is 17.6 Å². The van der Waals surface area contributed by atoms with E-state index in [9.17, 15) is 13.2 Å². The van der Waals surface area contributed by atoms with Gasteiger partial charge in [-0.3, -0.25) is 9.69 Å². The highest BCUT2D eigenvalue weighted by molar-refractivity contribution is 7.91. The van der Waals surface area contributed by atoms with Gasteiger partial charge in [0.25, 0.3) is 5.91 Å². The Kier molecular flexibility index (Phi) is 4.56. The number of nitrogens with one attached hydrogen (secondary N) is 1. The summed E-state index contributed by atoms with van der Waals surface area (Å²) < 4.78 is 28.5. The second-order valence-corrected chi connectivity index (χ2v) is 9.61. The van der Waals surface area contributed by atoms with Gasteiger partial charge in [-0.25, -0.2) is 8.42 Å². The zero-order valence-corrected chi connectivity index (χ0v) is 15.0. The van der Waals surface area contributed by atoms with E-state index in [0.717, 1.165) is 31.6 Å². The van der Waals surface area contributed by atoms with Crippen molar-refractivity contribution in [2.75, 3.05) is 31.2 Å². The van der Waals surface area contributed by atoms with E-state index >= 15 is 0 Å². The number of nitrogens with zero attached hydrogens (tertiary/aromatic N) is 1. The van der Waals surface area contributed by atoms with Crippen molar-refractivity contribution in [1.29, 1.82) is 0 Å². The first-order valence-corrected chi connectivity index (χ1v) is 10.8. The summed E-state index contributed by atoms with van der Waals surface area (Å²) in [5.41, 5.74) is 1.77. The van der Waals surface area contributed by atoms with Crippen LogP contribution in [0.1, 0.15) is 28.8 Å². The van der Waals surface area contributed by atoms with Gasteiger partial charge in [0.15, 0.2) is 9.84 Å². The summed E-state index contributed by atoms with van der Waals surface area (Å²) in [5.74, 6) is 0.936. The van der Waals surface area contributed by atoms with E-state index in [4.69, 9.17) is 4.74 Å². The number of hydrogen-bond acceptors (Lipinski definition) is 5. The molecule has 25 heavy (non-hydrogen) atoms. The molecule has 1 N–H and O–H groups in total. The van der Waals surface area contributed by atoms with Gasteiger partial charge >= 0.3 is 0 Å². The standard InChI is InChI=1S/C18H24N2O4S/c21-18(19-16-11-17-15(16)5-8-24-17)14-3-1-13(2-4-14)12-20-6-9-25(22,23)10-7-20/h1-4,15-17H,5-12H2,(H,19,21). The van der Waals surface area contributed by atoms with E-state index in [1.54, 1.807) is 0 Å². The number of sulfone groups is 1. The first-order chi connectivity index (χ1) is 12.0. The molecule has 1 amide bonds. The van der Waals surface area contributed by atoms with Crippen LogP contribution in [-0.2, 0) is 21.1 Å². The molecule has 136 valence electrons. The van der Waals surface area contributed by atoms with Crippen molar-refractivity contribution >= 4 is 15.7 Å². The van der Waals surface area contributed by atoms with Crippen LogP contribution in [0.2, 0.25) is 0 Å². The van der Waals surface area contributed by atoms with Crippen molar-refractivity contribution in [3.8, 4) is 0 Å². The smallest absolute Gasteiger partial charge is 0.251 e. The van der Waals surface area contributed by atoms with Gasteiger partial charge in [-0.15, -0.1) is 0 Å². The molecule has 3 aliphatic rings. The molecule has 1 aromatic carbocycles. The van der Waals surface area contributed by atoms with Crippen LogP contribution >= 0.6 is 0 Å². The zero-order valence-electron chi connectivity index (χ0n) is 14.2. The molecule has 4 rings (SSSR count). The van der Waals surface area contributed by atoms with E-state index < -0.39 is 9.84 Å². The lowest BCUT2D eigenvalue weighted by Gasteiger charge is -2.39. The Balaban J connectivity index is 1.30. The molecule has 2 aliphatic heterocycles. The maximum atomic E-state index is 12.4. The minimum atomic E-state index is -2.84. The highest BCUT2D eigenvalue weighted by atomic mass is 32.2. The summed E-state index contributed by atoms with van der Waals surface area (Å²) in [7, 11) is -2.84. The van der Waals surface area contributed by atoms with Crippen molar-refractivity contribution < 1.29 is 17.9 Å². The molecule has 6 nitrogen and oxygen atoms in total. The normalized spacial score (nSPS) is 31.1. The van der Waals surface area contributed by atoms with Crippen LogP contribution in [-0.4, -0.2) is 62.6 Å². The Bertz CT molecular complexity index is 733. The van der Waals surface area contributed by atoms with Crippen LogP contribution in [0.5, 0.6) is 0 Å². The van der Waals surface area contributed by atoms with Gasteiger partial charge in [-0.05, 0) is 30.5 Å². The Labute approximate surface area is 148 Å². The molecular formula is C18H24N2O4S. The van der Waals surface area contributed by atoms with E-state index in [1.807, 2.05) is 24.3 Å². The van der Waals surface area contributed by atoms with Crippen molar-refractivity contribution in [2.24, 2.45) is 5.92 Å². The zero-order chi connectivity index (χ0) is 17.4. The van der Waals surface area contributed by atoms with Crippen molar-refractivity contribution in [2.45, 2.75) is 31.5 Å². The summed E-state index contributed by atoms with van der Waals surface area (Å²) in [6.45, 7) is 2.70. The maximum Gasteiger partial charge on any atom is 0.251 e. The Hall–Kier alpha value is -1.44. The van der Waals surface area contributed by atoms with Gasteiger partial charge in [-0.1, -0.05) is 12.1 Å². The topological polar surface area (TPSA) is 75.7 Å². The van der Waals surface area contributed by atoms with Gasteiger partial charge in [0.2, 0.25) is 0 Å². The van der Waals surface area contributed by atoms with Gasteiger partial charge in [0.1, 0.15) is 0 Å². The van der Waals surface area contributed by atoms with Gasteiger partial charge in [0, 0.05) is 43.8 Å². The highest BCUT2D eigenvalue weighted by Crippen LogP contribution is 2.38. The molecule has 1 saturated carbocycles. The van der Waals surface area contributed by atoms with E-state index in [2.05, 4.69) is 10.2 Å². The van der Waals surface area contributed by atoms with Gasteiger partial charge in [-0.2, -0.15) is 0 Å². The number of carbonyl (C=O) groups excluding carboxylic acids is 1. The second kappa shape index (κ2) is 6.70. The molecule has 0 aromatic heterocycles. The summed E-state index contributed by atoms with van der Waals surface area (Å²) in [6.07, 6.45) is 2.31. The molecule has 2 saturated heterocycles. The highest BCUT2D eigenvalue weighted by Gasteiger charge is 2.45. The van der Waals surface area contributed by atoms with Crippen molar-refractivity contribution in [1.82, 2.24) is 10.2 Å². The first kappa shape index (κ1) is 17.0. The van der Waals surface area contributed by atoms with Crippen LogP contribution in [0, 0.1) is 5.92 Å². The third-order valence-electron chi connectivity index (χ3n) is 5.64. The molecule has 7 heteroatoms. The third-order valence-corrected chi connectivity index (χ3v) is 7.25.